The summed E-state index contributed by atoms with van der Waals surface area (Å²) < 4.78 is 2.56. The largest absolute Gasteiger partial charge is 0.373 e. The van der Waals surface area contributed by atoms with Gasteiger partial charge in [0.05, 0.1) is 4.92 Å². The lowest BCUT2D eigenvalue weighted by atomic mass is 10.1. The smallest absolute Gasteiger partial charge is 0.269 e. The van der Waals surface area contributed by atoms with Crippen LogP contribution < -0.4 is 0 Å². The predicted molar refractivity (Wildman–Crippen MR) is 108 cm³/mol. The van der Waals surface area contributed by atoms with Crippen LogP contribution in [0.5, 0.6) is 0 Å². The topological polar surface area (TPSA) is 48.1 Å². The Morgan fingerprint density at radius 3 is 1.84 bits per heavy atom. The minimum atomic E-state index is -1.86. The van der Waals surface area contributed by atoms with Gasteiger partial charge in [0.1, 0.15) is 0 Å². The summed E-state index contributed by atoms with van der Waals surface area (Å²) in [6.45, 7) is 16.2. The number of aryl methyl sites for hydroxylation is 1. The van der Waals surface area contributed by atoms with Crippen molar-refractivity contribution in [3.05, 3.63) is 52.2 Å². The fraction of sp³-hybridized carbons (Fsp3) is 0.500. The van der Waals surface area contributed by atoms with Gasteiger partial charge < -0.3 is 4.23 Å². The van der Waals surface area contributed by atoms with Crippen LogP contribution in [0.15, 0.2) is 36.5 Å². The van der Waals surface area contributed by atoms with E-state index in [1.54, 1.807) is 12.1 Å². The number of nitro groups is 1. The first-order valence-electron chi connectivity index (χ1n) is 9.06. The second-order valence-corrected chi connectivity index (χ2v) is 13.6. The molecule has 0 atom stereocenters. The SMILES string of the molecule is Cc1cc(-c2ccc([N+](=O)[O-])cc2)n([Si](C(C)C)(C(C)C)C(C)C)c1. The van der Waals surface area contributed by atoms with E-state index in [1.807, 2.05) is 12.1 Å². The summed E-state index contributed by atoms with van der Waals surface area (Å²) >= 11 is 0. The number of nitrogens with zero attached hydrogens (tertiary/aromatic N) is 2. The molecule has 0 bridgehead atoms. The maximum Gasteiger partial charge on any atom is 0.269 e. The van der Waals surface area contributed by atoms with Crippen molar-refractivity contribution < 1.29 is 4.92 Å². The van der Waals surface area contributed by atoms with Gasteiger partial charge in [-0.05, 0) is 59.1 Å². The zero-order chi connectivity index (χ0) is 18.9. The molecule has 0 aliphatic heterocycles. The third-order valence-corrected chi connectivity index (χ3v) is 12.3. The Kier molecular flexibility index (Phi) is 5.57. The van der Waals surface area contributed by atoms with Gasteiger partial charge in [-0.2, -0.15) is 0 Å². The van der Waals surface area contributed by atoms with Gasteiger partial charge in [-0.15, -0.1) is 0 Å². The van der Waals surface area contributed by atoms with Crippen molar-refractivity contribution in [2.24, 2.45) is 0 Å². The van der Waals surface area contributed by atoms with E-state index in [4.69, 9.17) is 0 Å². The molecule has 4 nitrogen and oxygen atoms in total. The van der Waals surface area contributed by atoms with Gasteiger partial charge in [0.25, 0.3) is 5.69 Å². The lowest BCUT2D eigenvalue weighted by molar-refractivity contribution is -0.384. The molecule has 2 aromatic rings. The van der Waals surface area contributed by atoms with E-state index in [1.165, 1.54) is 11.3 Å². The maximum atomic E-state index is 11.0. The molecular formula is C20H30N2O2Si. The van der Waals surface area contributed by atoms with E-state index in [0.717, 1.165) is 5.56 Å². The molecule has 0 aliphatic rings. The Hall–Kier alpha value is -1.88. The van der Waals surface area contributed by atoms with Crippen molar-refractivity contribution >= 4 is 13.9 Å². The molecule has 136 valence electrons. The van der Waals surface area contributed by atoms with Crippen molar-refractivity contribution in [3.63, 3.8) is 0 Å². The summed E-state index contributed by atoms with van der Waals surface area (Å²) in [4.78, 5) is 10.6. The highest BCUT2D eigenvalue weighted by Crippen LogP contribution is 2.45. The summed E-state index contributed by atoms with van der Waals surface area (Å²) in [5.41, 5.74) is 5.40. The molecule has 0 N–H and O–H groups in total. The minimum Gasteiger partial charge on any atom is -0.373 e. The number of nitro benzene ring substituents is 1. The number of benzene rings is 1. The van der Waals surface area contributed by atoms with Crippen molar-refractivity contribution in [2.75, 3.05) is 0 Å². The minimum absolute atomic E-state index is 0.138. The number of hydrogen-bond donors (Lipinski definition) is 0. The third kappa shape index (κ3) is 3.30. The second kappa shape index (κ2) is 7.16. The van der Waals surface area contributed by atoms with Gasteiger partial charge in [0.2, 0.25) is 0 Å². The highest BCUT2D eigenvalue weighted by atomic mass is 28.3. The first-order valence-corrected chi connectivity index (χ1v) is 11.2. The van der Waals surface area contributed by atoms with Gasteiger partial charge in [0, 0.05) is 17.8 Å². The Balaban J connectivity index is 2.69. The molecule has 0 radical (unpaired) electrons. The summed E-state index contributed by atoms with van der Waals surface area (Å²) in [7, 11) is -1.86. The zero-order valence-corrected chi connectivity index (χ0v) is 17.4. The molecule has 0 saturated carbocycles. The zero-order valence-electron chi connectivity index (χ0n) is 16.4. The molecule has 0 saturated heterocycles. The number of hydrogen-bond acceptors (Lipinski definition) is 2. The number of aromatic nitrogens is 1. The Bertz CT molecular complexity index is 724. The van der Waals surface area contributed by atoms with Gasteiger partial charge in [-0.1, -0.05) is 41.5 Å². The van der Waals surface area contributed by atoms with Crippen molar-refractivity contribution in [2.45, 2.75) is 65.1 Å². The monoisotopic (exact) mass is 358 g/mol. The van der Waals surface area contributed by atoms with Gasteiger partial charge >= 0.3 is 0 Å². The summed E-state index contributed by atoms with van der Waals surface area (Å²) in [5.74, 6) is 0. The standard InChI is InChI=1S/C20H30N2O2Si/c1-14(2)25(15(3)4,16(5)6)21-13-17(7)12-20(21)18-8-10-19(11-9-18)22(23)24/h8-16H,1-7H3. The van der Waals surface area contributed by atoms with Gasteiger partial charge in [-0.3, -0.25) is 10.1 Å². The average Bonchev–Trinajstić information content (AvgIpc) is 2.88. The summed E-state index contributed by atoms with van der Waals surface area (Å²) in [5, 5.41) is 11.0. The molecule has 1 heterocycles. The molecule has 25 heavy (non-hydrogen) atoms. The van der Waals surface area contributed by atoms with E-state index in [2.05, 4.69) is 65.0 Å². The maximum absolute atomic E-state index is 11.0. The van der Waals surface area contributed by atoms with Gasteiger partial charge in [0.15, 0.2) is 8.24 Å². The average molecular weight is 359 g/mol. The predicted octanol–water partition coefficient (Wildman–Crippen LogP) is 6.40. The van der Waals surface area contributed by atoms with Crippen LogP contribution in [-0.2, 0) is 0 Å². The Morgan fingerprint density at radius 2 is 1.44 bits per heavy atom. The molecule has 2 rings (SSSR count). The number of non-ortho nitro benzene ring substituents is 1. The molecular weight excluding hydrogens is 328 g/mol. The van der Waals surface area contributed by atoms with Crippen molar-refractivity contribution in [1.82, 2.24) is 4.23 Å². The number of rotatable bonds is 6. The van der Waals surface area contributed by atoms with E-state index in [9.17, 15) is 10.1 Å². The molecule has 0 unspecified atom stereocenters. The third-order valence-electron chi connectivity index (χ3n) is 5.52. The van der Waals surface area contributed by atoms with Crippen LogP contribution in [0, 0.1) is 17.0 Å². The van der Waals surface area contributed by atoms with Crippen LogP contribution in [-0.4, -0.2) is 17.4 Å². The van der Waals surface area contributed by atoms with Crippen LogP contribution in [0.1, 0.15) is 47.1 Å². The second-order valence-electron chi connectivity index (χ2n) is 7.93. The van der Waals surface area contributed by atoms with E-state index >= 15 is 0 Å². The lowest BCUT2D eigenvalue weighted by Gasteiger charge is -2.45. The summed E-state index contributed by atoms with van der Waals surface area (Å²) in [6, 6.07) is 9.18. The van der Waals surface area contributed by atoms with E-state index in [0.29, 0.717) is 16.6 Å². The molecule has 0 spiro atoms. The first kappa shape index (κ1) is 19.4. The quantitative estimate of drug-likeness (QED) is 0.341. The normalized spacial score (nSPS) is 12.4. The highest BCUT2D eigenvalue weighted by Gasteiger charge is 2.46. The highest BCUT2D eigenvalue weighted by molar-refractivity contribution is 6.82. The Labute approximate surface area is 152 Å². The van der Waals surface area contributed by atoms with E-state index in [-0.39, 0.29) is 10.6 Å². The first-order chi connectivity index (χ1) is 11.6. The lowest BCUT2D eigenvalue weighted by Crippen LogP contribution is -2.52. The van der Waals surface area contributed by atoms with Crippen LogP contribution in [0.2, 0.25) is 16.6 Å². The molecule has 0 fully saturated rings. The van der Waals surface area contributed by atoms with E-state index < -0.39 is 8.24 Å². The van der Waals surface area contributed by atoms with Crippen molar-refractivity contribution in [1.29, 1.82) is 0 Å². The van der Waals surface area contributed by atoms with Crippen molar-refractivity contribution in [3.8, 4) is 11.3 Å². The van der Waals surface area contributed by atoms with Crippen LogP contribution in [0.25, 0.3) is 11.3 Å². The molecule has 1 aromatic heterocycles. The van der Waals surface area contributed by atoms with Gasteiger partial charge in [-0.25, -0.2) is 0 Å². The fourth-order valence-corrected chi connectivity index (χ4v) is 11.4. The molecule has 0 aliphatic carbocycles. The summed E-state index contributed by atoms with van der Waals surface area (Å²) in [6.07, 6.45) is 2.29. The fourth-order valence-electron chi connectivity index (χ4n) is 4.73. The van der Waals surface area contributed by atoms with Crippen LogP contribution >= 0.6 is 0 Å². The molecule has 5 heteroatoms. The Morgan fingerprint density at radius 1 is 0.960 bits per heavy atom. The molecule has 0 amide bonds. The molecule has 1 aromatic carbocycles. The van der Waals surface area contributed by atoms with Crippen LogP contribution in [0.3, 0.4) is 0 Å². The van der Waals surface area contributed by atoms with Crippen LogP contribution in [0.4, 0.5) is 5.69 Å².